The molecule has 1 heterocycles. The topological polar surface area (TPSA) is 85.1 Å². The van der Waals surface area contributed by atoms with E-state index in [1.807, 2.05) is 0 Å². The molecule has 0 aliphatic heterocycles. The van der Waals surface area contributed by atoms with Crippen molar-refractivity contribution in [3.8, 4) is 0 Å². The lowest BCUT2D eigenvalue weighted by molar-refractivity contribution is 0.594. The first-order valence-corrected chi connectivity index (χ1v) is 9.08. The van der Waals surface area contributed by atoms with Gasteiger partial charge in [0.25, 0.3) is 0 Å². The van der Waals surface area contributed by atoms with Crippen LogP contribution in [0.3, 0.4) is 0 Å². The van der Waals surface area contributed by atoms with E-state index in [2.05, 4.69) is 23.5 Å². The summed E-state index contributed by atoms with van der Waals surface area (Å²) in [4.78, 5) is 0.231. The van der Waals surface area contributed by atoms with Crippen LogP contribution in [0.4, 0.5) is 10.8 Å². The summed E-state index contributed by atoms with van der Waals surface area (Å²) in [5.74, 6) is 0.144. The van der Waals surface area contributed by atoms with Crippen molar-refractivity contribution in [2.24, 2.45) is 0 Å². The molecular weight excluding hydrogens is 282 g/mol. The summed E-state index contributed by atoms with van der Waals surface area (Å²) in [6.45, 7) is 4.21. The van der Waals surface area contributed by atoms with E-state index >= 15 is 0 Å². The number of nitrogens with zero attached hydrogens (tertiary/aromatic N) is 1. The zero-order valence-electron chi connectivity index (χ0n) is 11.3. The van der Waals surface area contributed by atoms with Crippen LogP contribution in [-0.2, 0) is 9.84 Å². The Labute approximate surface area is 118 Å². The average Bonchev–Trinajstić information content (AvgIpc) is 3.14. The van der Waals surface area contributed by atoms with E-state index in [-0.39, 0.29) is 22.0 Å². The quantitative estimate of drug-likeness (QED) is 0.809. The van der Waals surface area contributed by atoms with Gasteiger partial charge in [0, 0.05) is 6.04 Å². The number of anilines is 2. The van der Waals surface area contributed by atoms with Crippen LogP contribution in [0.25, 0.3) is 0 Å². The van der Waals surface area contributed by atoms with Gasteiger partial charge in [-0.3, -0.25) is 0 Å². The Balaban J connectivity index is 2.27. The first-order chi connectivity index (χ1) is 9.00. The highest BCUT2D eigenvalue weighted by Crippen LogP contribution is 2.41. The molecule has 5 nitrogen and oxygen atoms in total. The van der Waals surface area contributed by atoms with Gasteiger partial charge in [-0.1, -0.05) is 20.3 Å². The molecule has 1 aliphatic rings. The van der Waals surface area contributed by atoms with E-state index < -0.39 is 9.84 Å². The minimum absolute atomic E-state index is 0.144. The Hall–Kier alpha value is -0.820. The Morgan fingerprint density at radius 1 is 1.47 bits per heavy atom. The van der Waals surface area contributed by atoms with Crippen molar-refractivity contribution in [1.29, 1.82) is 0 Å². The fraction of sp³-hybridized carbons (Fsp3) is 0.750. The van der Waals surface area contributed by atoms with Crippen molar-refractivity contribution in [1.82, 2.24) is 4.37 Å². The molecule has 0 amide bonds. The van der Waals surface area contributed by atoms with Crippen molar-refractivity contribution in [2.75, 3.05) is 11.1 Å². The van der Waals surface area contributed by atoms with Gasteiger partial charge in [0.2, 0.25) is 0 Å². The third-order valence-electron chi connectivity index (χ3n) is 3.39. The molecule has 1 aliphatic carbocycles. The lowest BCUT2D eigenvalue weighted by Gasteiger charge is -2.17. The minimum atomic E-state index is -3.29. The standard InChI is InChI=1S/C12H21N3O2S2/c1-3-5-8(4-2)14-12-10(11(13)15-18-12)19(16,17)9-6-7-9/h8-9,14H,3-7H2,1-2H3,(H2,13,15). The molecule has 0 spiro atoms. The molecule has 1 atom stereocenters. The largest absolute Gasteiger partial charge is 0.382 e. The molecule has 19 heavy (non-hydrogen) atoms. The van der Waals surface area contributed by atoms with Crippen molar-refractivity contribution >= 4 is 32.2 Å². The van der Waals surface area contributed by atoms with Crippen molar-refractivity contribution < 1.29 is 8.42 Å². The minimum Gasteiger partial charge on any atom is -0.382 e. The molecule has 2 rings (SSSR count). The Morgan fingerprint density at radius 3 is 2.68 bits per heavy atom. The molecule has 1 aromatic heterocycles. The lowest BCUT2D eigenvalue weighted by atomic mass is 10.1. The first kappa shape index (κ1) is 14.6. The number of rotatable bonds is 7. The molecular formula is C12H21N3O2S2. The van der Waals surface area contributed by atoms with Crippen LogP contribution in [0.1, 0.15) is 46.0 Å². The highest BCUT2D eigenvalue weighted by molar-refractivity contribution is 7.92. The van der Waals surface area contributed by atoms with Crippen LogP contribution in [0.15, 0.2) is 4.90 Å². The summed E-state index contributed by atoms with van der Waals surface area (Å²) in [6.07, 6.45) is 4.50. The smallest absolute Gasteiger partial charge is 0.187 e. The second-order valence-electron chi connectivity index (χ2n) is 5.01. The molecule has 1 aromatic rings. The third kappa shape index (κ3) is 3.02. The van der Waals surface area contributed by atoms with Gasteiger partial charge in [-0.05, 0) is 37.2 Å². The summed E-state index contributed by atoms with van der Waals surface area (Å²) < 4.78 is 28.8. The SMILES string of the molecule is CCCC(CC)Nc1snc(N)c1S(=O)(=O)C1CC1. The van der Waals surface area contributed by atoms with E-state index in [1.54, 1.807) is 0 Å². The fourth-order valence-electron chi connectivity index (χ4n) is 2.12. The van der Waals surface area contributed by atoms with Crippen LogP contribution >= 0.6 is 11.5 Å². The zero-order valence-corrected chi connectivity index (χ0v) is 13.0. The molecule has 0 radical (unpaired) electrons. The number of nitrogens with two attached hydrogens (primary N) is 1. The molecule has 0 bridgehead atoms. The summed E-state index contributed by atoms with van der Waals surface area (Å²) in [5.41, 5.74) is 5.76. The highest BCUT2D eigenvalue weighted by atomic mass is 32.2. The molecule has 108 valence electrons. The van der Waals surface area contributed by atoms with Gasteiger partial charge in [0.05, 0.1) is 5.25 Å². The van der Waals surface area contributed by atoms with E-state index in [9.17, 15) is 8.42 Å². The summed E-state index contributed by atoms with van der Waals surface area (Å²) >= 11 is 1.15. The summed E-state index contributed by atoms with van der Waals surface area (Å²) in [5, 5.41) is 3.67. The Morgan fingerprint density at radius 2 is 2.16 bits per heavy atom. The molecule has 1 unspecified atom stereocenters. The number of hydrogen-bond donors (Lipinski definition) is 2. The molecule has 1 saturated carbocycles. The second kappa shape index (κ2) is 5.66. The van der Waals surface area contributed by atoms with E-state index in [0.29, 0.717) is 5.00 Å². The lowest BCUT2D eigenvalue weighted by Crippen LogP contribution is -2.19. The predicted molar refractivity (Wildman–Crippen MR) is 79.3 cm³/mol. The molecule has 3 N–H and O–H groups in total. The molecule has 0 saturated heterocycles. The van der Waals surface area contributed by atoms with Crippen LogP contribution < -0.4 is 11.1 Å². The van der Waals surface area contributed by atoms with Gasteiger partial charge in [0.1, 0.15) is 9.90 Å². The third-order valence-corrected chi connectivity index (χ3v) is 6.64. The van der Waals surface area contributed by atoms with Gasteiger partial charge in [-0.15, -0.1) is 0 Å². The summed E-state index contributed by atoms with van der Waals surface area (Å²) in [7, 11) is -3.29. The van der Waals surface area contributed by atoms with E-state index in [4.69, 9.17) is 5.73 Å². The normalized spacial score (nSPS) is 17.4. The number of sulfone groups is 1. The summed E-state index contributed by atoms with van der Waals surface area (Å²) in [6, 6.07) is 0.276. The van der Waals surface area contributed by atoms with Crippen molar-refractivity contribution in [3.63, 3.8) is 0 Å². The van der Waals surface area contributed by atoms with Gasteiger partial charge in [-0.2, -0.15) is 4.37 Å². The number of aromatic nitrogens is 1. The Kier molecular flexibility index (Phi) is 4.35. The molecule has 0 aromatic carbocycles. The monoisotopic (exact) mass is 303 g/mol. The zero-order chi connectivity index (χ0) is 14.0. The average molecular weight is 303 g/mol. The van der Waals surface area contributed by atoms with Gasteiger partial charge in [-0.25, -0.2) is 8.42 Å². The van der Waals surface area contributed by atoms with Crippen LogP contribution in [0.2, 0.25) is 0 Å². The fourth-order valence-corrected chi connectivity index (χ4v) is 5.07. The maximum Gasteiger partial charge on any atom is 0.187 e. The van der Waals surface area contributed by atoms with Gasteiger partial charge < -0.3 is 11.1 Å². The second-order valence-corrected chi connectivity index (χ2v) is 7.95. The highest BCUT2D eigenvalue weighted by Gasteiger charge is 2.40. The van der Waals surface area contributed by atoms with Gasteiger partial charge in [0.15, 0.2) is 15.7 Å². The van der Waals surface area contributed by atoms with Crippen molar-refractivity contribution in [3.05, 3.63) is 0 Å². The van der Waals surface area contributed by atoms with Crippen molar-refractivity contribution in [2.45, 2.75) is 62.1 Å². The maximum absolute atomic E-state index is 12.4. The van der Waals surface area contributed by atoms with Crippen LogP contribution in [0, 0.1) is 0 Å². The predicted octanol–water partition coefficient (Wildman–Crippen LogP) is 2.65. The van der Waals surface area contributed by atoms with Gasteiger partial charge >= 0.3 is 0 Å². The maximum atomic E-state index is 12.4. The Bertz CT molecular complexity index is 535. The van der Waals surface area contributed by atoms with Crippen LogP contribution in [0.5, 0.6) is 0 Å². The van der Waals surface area contributed by atoms with E-state index in [0.717, 1.165) is 43.6 Å². The number of nitrogen functional groups attached to an aromatic ring is 1. The number of hydrogen-bond acceptors (Lipinski definition) is 6. The molecule has 7 heteroatoms. The number of nitrogens with one attached hydrogen (secondary N) is 1. The van der Waals surface area contributed by atoms with E-state index in [1.165, 1.54) is 0 Å². The first-order valence-electron chi connectivity index (χ1n) is 6.76. The van der Waals surface area contributed by atoms with Crippen LogP contribution in [-0.4, -0.2) is 24.1 Å². The molecule has 1 fully saturated rings.